The Hall–Kier alpha value is -5.03. The van der Waals surface area contributed by atoms with E-state index in [-0.39, 0.29) is 30.1 Å². The highest BCUT2D eigenvalue weighted by molar-refractivity contribution is 5.82. The number of H-pyrrole nitrogens is 1. The van der Waals surface area contributed by atoms with Gasteiger partial charge in [0.15, 0.2) is 6.10 Å². The number of aromatic amines is 1. The average molecular weight is 697 g/mol. The van der Waals surface area contributed by atoms with Crippen molar-refractivity contribution in [1.29, 1.82) is 0 Å². The molecule has 51 heavy (non-hydrogen) atoms. The number of benzene rings is 3. The number of aromatic nitrogens is 2. The van der Waals surface area contributed by atoms with E-state index in [0.29, 0.717) is 49.4 Å². The van der Waals surface area contributed by atoms with E-state index in [0.717, 1.165) is 60.6 Å². The van der Waals surface area contributed by atoms with Crippen LogP contribution in [-0.4, -0.2) is 56.3 Å². The summed E-state index contributed by atoms with van der Waals surface area (Å²) in [6, 6.07) is 22.4. The summed E-state index contributed by atoms with van der Waals surface area (Å²) >= 11 is 0. The molecule has 4 aromatic rings. The third-order valence-corrected chi connectivity index (χ3v) is 10.4. The number of alkyl halides is 3. The Labute approximate surface area is 293 Å². The van der Waals surface area contributed by atoms with Gasteiger partial charge in [-0.05, 0) is 78.5 Å². The number of hydrogen-bond acceptors (Lipinski definition) is 5. The van der Waals surface area contributed by atoms with Gasteiger partial charge >= 0.3 is 6.18 Å². The number of aliphatic hydroxyl groups is 1. The van der Waals surface area contributed by atoms with Gasteiger partial charge in [-0.3, -0.25) is 14.4 Å². The number of hydrogen-bond donors (Lipinski definition) is 2. The molecule has 1 aliphatic carbocycles. The molecule has 0 unspecified atom stereocenters. The number of rotatable bonds is 8. The minimum Gasteiger partial charge on any atom is -0.378 e. The fourth-order valence-corrected chi connectivity index (χ4v) is 7.25. The number of carbonyl (C=O) groups is 2. The van der Waals surface area contributed by atoms with E-state index in [1.165, 1.54) is 16.5 Å². The number of halogens is 3. The molecule has 2 amide bonds. The molecule has 1 atom stereocenters. The van der Waals surface area contributed by atoms with Crippen molar-refractivity contribution in [3.8, 4) is 0 Å². The summed E-state index contributed by atoms with van der Waals surface area (Å²) in [4.78, 5) is 50.9. The van der Waals surface area contributed by atoms with Crippen molar-refractivity contribution in [1.82, 2.24) is 19.8 Å². The fraction of sp³-hybridized carbons (Fsp3) is 0.350. The minimum atomic E-state index is -4.61. The average Bonchev–Trinajstić information content (AvgIpc) is 3.99. The standard InChI is InChI=1S/C40H39F3N4O4/c41-40(42,43)31-12-5-10-29(24-31)35(49)37(51)47-20-6-13-33-32(25-47)36(50)45-38(44-33)39(18-19-39)30-11-4-9-28(23-30)27-16-21-46(22-17-27)34(48)15-14-26-7-2-1-3-8-26/h1-5,7-12,16,23-24,35,49H,6,13-15,17-22,25H2,(H,44,45,50)/t35-/m1/s1. The van der Waals surface area contributed by atoms with Gasteiger partial charge in [0.05, 0.1) is 28.8 Å². The monoisotopic (exact) mass is 696 g/mol. The molecule has 264 valence electrons. The zero-order chi connectivity index (χ0) is 35.8. The smallest absolute Gasteiger partial charge is 0.378 e. The maximum absolute atomic E-state index is 13.6. The molecule has 0 bridgehead atoms. The molecule has 0 saturated heterocycles. The predicted molar refractivity (Wildman–Crippen MR) is 185 cm³/mol. The molecule has 8 nitrogen and oxygen atoms in total. The number of nitrogens with zero attached hydrogens (tertiary/aromatic N) is 3. The Kier molecular flexibility index (Phi) is 9.41. The minimum absolute atomic E-state index is 0.102. The zero-order valence-electron chi connectivity index (χ0n) is 28.1. The lowest BCUT2D eigenvalue weighted by Gasteiger charge is -2.27. The topological polar surface area (TPSA) is 107 Å². The van der Waals surface area contributed by atoms with Gasteiger partial charge in [-0.25, -0.2) is 4.98 Å². The first-order valence-electron chi connectivity index (χ1n) is 17.4. The lowest BCUT2D eigenvalue weighted by atomic mass is 9.90. The summed E-state index contributed by atoms with van der Waals surface area (Å²) in [7, 11) is 0. The number of fused-ring (bicyclic) bond motifs is 1. The molecular weight excluding hydrogens is 657 g/mol. The Balaban J connectivity index is 1.05. The largest absolute Gasteiger partial charge is 0.416 e. The molecule has 0 spiro atoms. The van der Waals surface area contributed by atoms with Gasteiger partial charge in [-0.2, -0.15) is 13.2 Å². The van der Waals surface area contributed by atoms with Crippen LogP contribution in [0.15, 0.2) is 89.7 Å². The Morgan fingerprint density at radius 2 is 1.73 bits per heavy atom. The van der Waals surface area contributed by atoms with Crippen LogP contribution < -0.4 is 5.56 Å². The van der Waals surface area contributed by atoms with Crippen LogP contribution in [0, 0.1) is 0 Å². The molecule has 0 radical (unpaired) electrons. The number of carbonyl (C=O) groups excluding carboxylic acids is 2. The molecule has 3 aliphatic rings. The van der Waals surface area contributed by atoms with Crippen LogP contribution in [-0.2, 0) is 40.6 Å². The third-order valence-electron chi connectivity index (χ3n) is 10.4. The highest BCUT2D eigenvalue weighted by atomic mass is 19.4. The van der Waals surface area contributed by atoms with Crippen LogP contribution in [0.1, 0.15) is 83.1 Å². The summed E-state index contributed by atoms with van der Waals surface area (Å²) in [5, 5.41) is 10.8. The van der Waals surface area contributed by atoms with E-state index in [2.05, 4.69) is 29.3 Å². The first-order valence-corrected chi connectivity index (χ1v) is 17.4. The second-order valence-electron chi connectivity index (χ2n) is 13.7. The number of amides is 2. The maximum Gasteiger partial charge on any atom is 0.416 e. The molecule has 7 rings (SSSR count). The van der Waals surface area contributed by atoms with Crippen molar-refractivity contribution in [2.45, 2.75) is 69.2 Å². The number of aryl methyl sites for hydroxylation is 2. The summed E-state index contributed by atoms with van der Waals surface area (Å²) in [6.45, 7) is 1.34. The van der Waals surface area contributed by atoms with Crippen molar-refractivity contribution in [3.63, 3.8) is 0 Å². The van der Waals surface area contributed by atoms with Gasteiger partial charge in [-0.15, -0.1) is 0 Å². The third kappa shape index (κ3) is 7.26. The SMILES string of the molecule is O=C(CCc1ccccc1)N1CC=C(c2cccc(C3(c4nc5c(c(=O)[nH]4)CN(C(=O)[C@H](O)c4cccc(C(F)(F)F)c4)CCC5)CC3)c2)CC1. The van der Waals surface area contributed by atoms with E-state index in [4.69, 9.17) is 4.98 Å². The van der Waals surface area contributed by atoms with Gasteiger partial charge in [0.1, 0.15) is 5.82 Å². The molecule has 2 N–H and O–H groups in total. The van der Waals surface area contributed by atoms with Crippen LogP contribution in [0.3, 0.4) is 0 Å². The number of nitrogens with one attached hydrogen (secondary N) is 1. The van der Waals surface area contributed by atoms with Gasteiger partial charge in [0.2, 0.25) is 5.91 Å². The van der Waals surface area contributed by atoms with Gasteiger partial charge in [0.25, 0.3) is 11.5 Å². The van der Waals surface area contributed by atoms with Crippen molar-refractivity contribution in [3.05, 3.63) is 140 Å². The quantitative estimate of drug-likeness (QED) is 0.231. The van der Waals surface area contributed by atoms with Crippen LogP contribution in [0.4, 0.5) is 13.2 Å². The molecule has 1 aromatic heterocycles. The second kappa shape index (κ2) is 13.9. The van der Waals surface area contributed by atoms with Crippen LogP contribution >= 0.6 is 0 Å². The van der Waals surface area contributed by atoms with Gasteiger partial charge < -0.3 is 19.9 Å². The lowest BCUT2D eigenvalue weighted by molar-refractivity contribution is -0.142. The van der Waals surface area contributed by atoms with Crippen LogP contribution in [0.25, 0.3) is 5.57 Å². The highest BCUT2D eigenvalue weighted by Crippen LogP contribution is 2.52. The molecule has 11 heteroatoms. The Bertz CT molecular complexity index is 2040. The summed E-state index contributed by atoms with van der Waals surface area (Å²) in [5.41, 5.74) is 3.46. The summed E-state index contributed by atoms with van der Waals surface area (Å²) in [5.74, 6) is -0.0322. The van der Waals surface area contributed by atoms with Crippen molar-refractivity contribution >= 4 is 17.4 Å². The Morgan fingerprint density at radius 3 is 2.45 bits per heavy atom. The number of aliphatic hydroxyl groups excluding tert-OH is 1. The van der Waals surface area contributed by atoms with Crippen LogP contribution in [0.5, 0.6) is 0 Å². The molecule has 3 heterocycles. The normalized spacial score (nSPS) is 17.6. The first-order chi connectivity index (χ1) is 24.5. The van der Waals surface area contributed by atoms with E-state index in [1.54, 1.807) is 0 Å². The van der Waals surface area contributed by atoms with E-state index in [1.807, 2.05) is 41.3 Å². The molecule has 1 saturated carbocycles. The molecular formula is C40H39F3N4O4. The fourth-order valence-electron chi connectivity index (χ4n) is 7.25. The van der Waals surface area contributed by atoms with Crippen molar-refractivity contribution in [2.24, 2.45) is 0 Å². The van der Waals surface area contributed by atoms with Crippen molar-refractivity contribution < 1.29 is 27.9 Å². The second-order valence-corrected chi connectivity index (χ2v) is 13.7. The van der Waals surface area contributed by atoms with E-state index >= 15 is 0 Å². The lowest BCUT2D eigenvalue weighted by Crippen LogP contribution is -2.36. The molecule has 3 aromatic carbocycles. The van der Waals surface area contributed by atoms with Crippen molar-refractivity contribution in [2.75, 3.05) is 19.6 Å². The van der Waals surface area contributed by atoms with Crippen LogP contribution in [0.2, 0.25) is 0 Å². The zero-order valence-corrected chi connectivity index (χ0v) is 28.1. The summed E-state index contributed by atoms with van der Waals surface area (Å²) < 4.78 is 39.7. The van der Waals surface area contributed by atoms with E-state index < -0.39 is 29.2 Å². The predicted octanol–water partition coefficient (Wildman–Crippen LogP) is 6.13. The van der Waals surface area contributed by atoms with E-state index in [9.17, 15) is 32.7 Å². The maximum atomic E-state index is 13.6. The Morgan fingerprint density at radius 1 is 0.941 bits per heavy atom. The summed E-state index contributed by atoms with van der Waals surface area (Å²) in [6.07, 6.45) is 0.212. The molecule has 1 fully saturated rings. The molecule has 2 aliphatic heterocycles. The first kappa shape index (κ1) is 34.4. The van der Waals surface area contributed by atoms with Gasteiger partial charge in [-0.1, -0.05) is 72.8 Å². The van der Waals surface area contributed by atoms with Gasteiger partial charge in [0, 0.05) is 26.1 Å². The highest BCUT2D eigenvalue weighted by Gasteiger charge is 2.49.